The second-order valence-electron chi connectivity index (χ2n) is 4.21. The number of pyridine rings is 2. The number of rotatable bonds is 2. The fraction of sp³-hybridized carbons (Fsp3) is 0. The quantitative estimate of drug-likeness (QED) is 0.746. The van der Waals surface area contributed by atoms with Gasteiger partial charge in [0.05, 0.1) is 11.2 Å². The van der Waals surface area contributed by atoms with Crippen LogP contribution >= 0.6 is 0 Å². The van der Waals surface area contributed by atoms with Crippen molar-refractivity contribution in [3.8, 4) is 5.75 Å². The summed E-state index contributed by atoms with van der Waals surface area (Å²) in [6.07, 6.45) is 3.12. The molecule has 2 aromatic heterocycles. The van der Waals surface area contributed by atoms with Gasteiger partial charge in [-0.3, -0.25) is 9.78 Å². The lowest BCUT2D eigenvalue weighted by atomic mass is 10.2. The van der Waals surface area contributed by atoms with Gasteiger partial charge in [0.25, 0.3) is 5.91 Å². The number of benzene rings is 1. The molecule has 5 heteroatoms. The summed E-state index contributed by atoms with van der Waals surface area (Å²) < 4.78 is 0. The molecule has 98 valence electrons. The number of anilines is 1. The van der Waals surface area contributed by atoms with Gasteiger partial charge in [-0.1, -0.05) is 18.2 Å². The van der Waals surface area contributed by atoms with Crippen molar-refractivity contribution in [2.24, 2.45) is 0 Å². The third-order valence-corrected chi connectivity index (χ3v) is 2.88. The van der Waals surface area contributed by atoms with Gasteiger partial charge in [-0.05, 0) is 24.3 Å². The fourth-order valence-electron chi connectivity index (χ4n) is 1.96. The number of aromatic hydroxyl groups is 1. The van der Waals surface area contributed by atoms with Crippen LogP contribution in [0.15, 0.2) is 54.9 Å². The van der Waals surface area contributed by atoms with E-state index < -0.39 is 5.91 Å². The molecule has 0 bridgehead atoms. The minimum absolute atomic E-state index is 0.0135. The molecule has 0 saturated carbocycles. The van der Waals surface area contributed by atoms with Gasteiger partial charge in [0, 0.05) is 17.8 Å². The Kier molecular flexibility index (Phi) is 3.01. The highest BCUT2D eigenvalue weighted by molar-refractivity contribution is 6.08. The highest BCUT2D eigenvalue weighted by atomic mass is 16.3. The summed E-state index contributed by atoms with van der Waals surface area (Å²) in [5, 5.41) is 13.3. The van der Waals surface area contributed by atoms with Gasteiger partial charge >= 0.3 is 0 Å². The van der Waals surface area contributed by atoms with Gasteiger partial charge in [0.1, 0.15) is 5.75 Å². The normalized spacial score (nSPS) is 10.4. The van der Waals surface area contributed by atoms with Crippen molar-refractivity contribution >= 4 is 22.5 Å². The van der Waals surface area contributed by atoms with Gasteiger partial charge in [-0.2, -0.15) is 0 Å². The molecule has 0 saturated heterocycles. The van der Waals surface area contributed by atoms with Crippen LogP contribution in [0.4, 0.5) is 5.69 Å². The monoisotopic (exact) mass is 265 g/mol. The molecule has 0 unspecified atom stereocenters. The van der Waals surface area contributed by atoms with Crippen molar-refractivity contribution in [3.05, 3.63) is 60.6 Å². The fourth-order valence-corrected chi connectivity index (χ4v) is 1.96. The first kappa shape index (κ1) is 12.1. The van der Waals surface area contributed by atoms with Crippen LogP contribution in [0.1, 0.15) is 10.5 Å². The largest absolute Gasteiger partial charge is 0.505 e. The minimum atomic E-state index is -0.471. The number of para-hydroxylation sites is 1. The zero-order valence-electron chi connectivity index (χ0n) is 10.4. The number of fused-ring (bicyclic) bond motifs is 1. The van der Waals surface area contributed by atoms with Crippen molar-refractivity contribution in [1.29, 1.82) is 0 Å². The lowest BCUT2D eigenvalue weighted by Crippen LogP contribution is -2.14. The van der Waals surface area contributed by atoms with Crippen LogP contribution in [-0.2, 0) is 0 Å². The predicted octanol–water partition coefficient (Wildman–Crippen LogP) is 2.59. The van der Waals surface area contributed by atoms with Crippen molar-refractivity contribution in [2.45, 2.75) is 0 Å². The zero-order chi connectivity index (χ0) is 13.9. The Balaban J connectivity index is 1.98. The Morgan fingerprint density at radius 3 is 2.60 bits per heavy atom. The van der Waals surface area contributed by atoms with E-state index in [1.807, 2.05) is 24.3 Å². The Bertz CT molecular complexity index is 781. The predicted molar refractivity (Wildman–Crippen MR) is 75.6 cm³/mol. The standard InChI is InChI=1S/C15H11N3O2/c19-12-7-3-9-17-14(12)15(20)18-11-6-1-4-10-5-2-8-16-13(10)11/h1-9,19H,(H,18,20). The van der Waals surface area contributed by atoms with Crippen LogP contribution < -0.4 is 5.32 Å². The molecule has 20 heavy (non-hydrogen) atoms. The highest BCUT2D eigenvalue weighted by Gasteiger charge is 2.13. The van der Waals surface area contributed by atoms with E-state index in [9.17, 15) is 9.90 Å². The molecular weight excluding hydrogens is 254 g/mol. The maximum absolute atomic E-state index is 12.1. The number of carbonyl (C=O) groups is 1. The van der Waals surface area contributed by atoms with Gasteiger partial charge in [0.15, 0.2) is 5.69 Å². The number of carbonyl (C=O) groups excluding carboxylic acids is 1. The molecule has 0 aliphatic rings. The van der Waals surface area contributed by atoms with E-state index in [0.717, 1.165) is 5.39 Å². The summed E-state index contributed by atoms with van der Waals surface area (Å²) in [5.41, 5.74) is 1.26. The first-order valence-electron chi connectivity index (χ1n) is 6.05. The van der Waals surface area contributed by atoms with E-state index >= 15 is 0 Å². The molecule has 0 radical (unpaired) electrons. The van der Waals surface area contributed by atoms with Crippen molar-refractivity contribution < 1.29 is 9.90 Å². The first-order chi connectivity index (χ1) is 9.75. The molecule has 5 nitrogen and oxygen atoms in total. The number of hydrogen-bond acceptors (Lipinski definition) is 4. The molecule has 0 aliphatic heterocycles. The van der Waals surface area contributed by atoms with E-state index in [1.165, 1.54) is 12.3 Å². The summed E-state index contributed by atoms with van der Waals surface area (Å²) in [4.78, 5) is 20.2. The Morgan fingerprint density at radius 2 is 1.75 bits per heavy atom. The Morgan fingerprint density at radius 1 is 1.00 bits per heavy atom. The highest BCUT2D eigenvalue weighted by Crippen LogP contribution is 2.22. The number of nitrogens with zero attached hydrogens (tertiary/aromatic N) is 2. The van der Waals surface area contributed by atoms with Crippen LogP contribution in [0.25, 0.3) is 10.9 Å². The van der Waals surface area contributed by atoms with E-state index in [0.29, 0.717) is 11.2 Å². The summed E-state index contributed by atoms with van der Waals surface area (Å²) in [5.74, 6) is -0.626. The van der Waals surface area contributed by atoms with Crippen molar-refractivity contribution in [1.82, 2.24) is 9.97 Å². The summed E-state index contributed by atoms with van der Waals surface area (Å²) >= 11 is 0. The summed E-state index contributed by atoms with van der Waals surface area (Å²) in [6.45, 7) is 0. The summed E-state index contributed by atoms with van der Waals surface area (Å²) in [6, 6.07) is 12.2. The van der Waals surface area contributed by atoms with E-state index in [2.05, 4.69) is 15.3 Å². The van der Waals surface area contributed by atoms with Crippen LogP contribution in [0.5, 0.6) is 5.75 Å². The maximum Gasteiger partial charge on any atom is 0.278 e. The first-order valence-corrected chi connectivity index (χ1v) is 6.05. The van der Waals surface area contributed by atoms with E-state index in [4.69, 9.17) is 0 Å². The SMILES string of the molecule is O=C(Nc1cccc2cccnc12)c1ncccc1O. The van der Waals surface area contributed by atoms with E-state index in [-0.39, 0.29) is 11.4 Å². The van der Waals surface area contributed by atoms with Gasteiger partial charge < -0.3 is 10.4 Å². The molecule has 3 aromatic rings. The van der Waals surface area contributed by atoms with Crippen molar-refractivity contribution in [3.63, 3.8) is 0 Å². The number of hydrogen-bond donors (Lipinski definition) is 2. The second-order valence-corrected chi connectivity index (χ2v) is 4.21. The smallest absolute Gasteiger partial charge is 0.278 e. The lowest BCUT2D eigenvalue weighted by Gasteiger charge is -2.08. The Labute approximate surface area is 114 Å². The zero-order valence-corrected chi connectivity index (χ0v) is 10.4. The number of amides is 1. The lowest BCUT2D eigenvalue weighted by molar-refractivity contribution is 0.101. The maximum atomic E-state index is 12.1. The Hall–Kier alpha value is -2.95. The molecule has 1 amide bonds. The third kappa shape index (κ3) is 2.16. The molecule has 2 heterocycles. The van der Waals surface area contributed by atoms with Gasteiger partial charge in [-0.15, -0.1) is 0 Å². The van der Waals surface area contributed by atoms with Crippen LogP contribution in [0.3, 0.4) is 0 Å². The molecule has 1 aromatic carbocycles. The van der Waals surface area contributed by atoms with Crippen LogP contribution in [0.2, 0.25) is 0 Å². The van der Waals surface area contributed by atoms with Crippen LogP contribution in [0, 0.1) is 0 Å². The van der Waals surface area contributed by atoms with Crippen LogP contribution in [-0.4, -0.2) is 21.0 Å². The van der Waals surface area contributed by atoms with Crippen molar-refractivity contribution in [2.75, 3.05) is 5.32 Å². The molecule has 0 spiro atoms. The molecule has 0 atom stereocenters. The van der Waals surface area contributed by atoms with Gasteiger partial charge in [0.2, 0.25) is 0 Å². The molecule has 0 fully saturated rings. The molecule has 0 aliphatic carbocycles. The van der Waals surface area contributed by atoms with Gasteiger partial charge in [-0.25, -0.2) is 4.98 Å². The average molecular weight is 265 g/mol. The topological polar surface area (TPSA) is 75.1 Å². The molecule has 2 N–H and O–H groups in total. The minimum Gasteiger partial charge on any atom is -0.505 e. The number of nitrogens with one attached hydrogen (secondary N) is 1. The summed E-state index contributed by atoms with van der Waals surface area (Å²) in [7, 11) is 0. The third-order valence-electron chi connectivity index (χ3n) is 2.88. The molecular formula is C15H11N3O2. The number of aromatic nitrogens is 2. The molecule has 3 rings (SSSR count). The van der Waals surface area contributed by atoms with E-state index in [1.54, 1.807) is 18.3 Å². The second kappa shape index (κ2) is 4.97. The average Bonchev–Trinajstić information content (AvgIpc) is 2.48.